The molecule has 0 aliphatic rings. The average molecular weight is 245 g/mol. The second kappa shape index (κ2) is 5.01. The number of methoxy groups -OCH3 is 1. The molecule has 0 aliphatic carbocycles. The molecule has 0 saturated carbocycles. The fourth-order valence-electron chi connectivity index (χ4n) is 1.21. The van der Waals surface area contributed by atoms with Crippen LogP contribution >= 0.6 is 24.0 Å². The molecule has 1 amide bonds. The van der Waals surface area contributed by atoms with Gasteiger partial charge >= 0.3 is 0 Å². The molecule has 0 atom stereocenters. The molecule has 1 heterocycles. The molecule has 84 valence electrons. The number of thiol groups is 1. The van der Waals surface area contributed by atoms with Crippen LogP contribution in [0.3, 0.4) is 0 Å². The molecule has 1 aromatic heterocycles. The third-order valence-electron chi connectivity index (χ3n) is 1.77. The van der Waals surface area contributed by atoms with E-state index in [4.69, 9.17) is 4.74 Å². The number of rotatable bonds is 4. The summed E-state index contributed by atoms with van der Waals surface area (Å²) < 4.78 is 5.02. The Bertz CT molecular complexity index is 347. The van der Waals surface area contributed by atoms with Crippen molar-refractivity contribution in [2.75, 3.05) is 13.7 Å². The van der Waals surface area contributed by atoms with Gasteiger partial charge in [0.15, 0.2) is 0 Å². The zero-order valence-corrected chi connectivity index (χ0v) is 10.7. The molecular formula is C10H15NO2S2. The van der Waals surface area contributed by atoms with Crippen molar-refractivity contribution in [2.24, 2.45) is 0 Å². The Kier molecular flexibility index (Phi) is 4.19. The zero-order valence-electron chi connectivity index (χ0n) is 9.03. The maximum atomic E-state index is 11.8. The van der Waals surface area contributed by atoms with E-state index in [-0.39, 0.29) is 11.4 Å². The van der Waals surface area contributed by atoms with Crippen LogP contribution in [0.4, 0.5) is 0 Å². The molecule has 0 radical (unpaired) electrons. The number of nitrogens with one attached hydrogen (secondary N) is 1. The van der Waals surface area contributed by atoms with Gasteiger partial charge in [-0.3, -0.25) is 4.79 Å². The fraction of sp³-hybridized carbons (Fsp3) is 0.500. The summed E-state index contributed by atoms with van der Waals surface area (Å²) in [6.07, 6.45) is 0. The van der Waals surface area contributed by atoms with E-state index in [0.29, 0.717) is 11.5 Å². The minimum atomic E-state index is -0.355. The standard InChI is InChI=1S/C10H15NO2S2/c1-10(2,6-13-3)11-9(12)8-4-7(14)5-15-8/h4-5,14H,6H2,1-3H3,(H,11,12). The SMILES string of the molecule is COCC(C)(C)NC(=O)c1cc(S)cs1. The molecule has 3 nitrogen and oxygen atoms in total. The first-order valence-corrected chi connectivity index (χ1v) is 5.86. The molecule has 0 unspecified atom stereocenters. The van der Waals surface area contributed by atoms with E-state index >= 15 is 0 Å². The van der Waals surface area contributed by atoms with Gasteiger partial charge in [0, 0.05) is 17.4 Å². The third-order valence-corrected chi connectivity index (χ3v) is 3.13. The van der Waals surface area contributed by atoms with Crippen molar-refractivity contribution in [2.45, 2.75) is 24.3 Å². The number of amides is 1. The highest BCUT2D eigenvalue weighted by atomic mass is 32.1. The van der Waals surface area contributed by atoms with Crippen LogP contribution < -0.4 is 5.32 Å². The second-order valence-corrected chi connectivity index (χ2v) is 5.37. The van der Waals surface area contributed by atoms with Gasteiger partial charge in [-0.05, 0) is 19.9 Å². The normalized spacial score (nSPS) is 11.5. The van der Waals surface area contributed by atoms with Crippen molar-refractivity contribution in [3.05, 3.63) is 16.3 Å². The maximum Gasteiger partial charge on any atom is 0.261 e. The second-order valence-electron chi connectivity index (χ2n) is 3.94. The average Bonchev–Trinajstić information content (AvgIpc) is 2.50. The predicted molar refractivity (Wildman–Crippen MR) is 65.0 cm³/mol. The van der Waals surface area contributed by atoms with Crippen LogP contribution in [0.1, 0.15) is 23.5 Å². The van der Waals surface area contributed by atoms with E-state index in [1.165, 1.54) is 11.3 Å². The van der Waals surface area contributed by atoms with E-state index in [2.05, 4.69) is 17.9 Å². The lowest BCUT2D eigenvalue weighted by Gasteiger charge is -2.24. The van der Waals surface area contributed by atoms with Crippen LogP contribution in [0.15, 0.2) is 16.3 Å². The molecular weight excluding hydrogens is 230 g/mol. The Morgan fingerprint density at radius 2 is 2.33 bits per heavy atom. The third kappa shape index (κ3) is 3.85. The van der Waals surface area contributed by atoms with Crippen LogP contribution in [0, 0.1) is 0 Å². The number of ether oxygens (including phenoxy) is 1. The maximum absolute atomic E-state index is 11.8. The Labute approximate surface area is 99.2 Å². The molecule has 5 heteroatoms. The Morgan fingerprint density at radius 3 is 2.80 bits per heavy atom. The van der Waals surface area contributed by atoms with Gasteiger partial charge in [0.25, 0.3) is 5.91 Å². The van der Waals surface area contributed by atoms with Gasteiger partial charge in [-0.15, -0.1) is 24.0 Å². The summed E-state index contributed by atoms with van der Waals surface area (Å²) in [5.74, 6) is -0.0812. The Hall–Kier alpha value is -0.520. The highest BCUT2D eigenvalue weighted by Crippen LogP contribution is 2.18. The molecule has 1 N–H and O–H groups in total. The van der Waals surface area contributed by atoms with Crippen molar-refractivity contribution in [3.63, 3.8) is 0 Å². The van der Waals surface area contributed by atoms with Gasteiger partial charge < -0.3 is 10.1 Å². The van der Waals surface area contributed by atoms with Crippen molar-refractivity contribution < 1.29 is 9.53 Å². The van der Waals surface area contributed by atoms with E-state index in [1.54, 1.807) is 13.2 Å². The highest BCUT2D eigenvalue weighted by molar-refractivity contribution is 7.80. The molecule has 1 rings (SSSR count). The first kappa shape index (κ1) is 12.5. The van der Waals surface area contributed by atoms with Gasteiger partial charge in [0.05, 0.1) is 17.0 Å². The van der Waals surface area contributed by atoms with E-state index in [1.807, 2.05) is 19.2 Å². The summed E-state index contributed by atoms with van der Waals surface area (Å²) in [4.78, 5) is 13.2. The Balaban J connectivity index is 2.63. The summed E-state index contributed by atoms with van der Waals surface area (Å²) >= 11 is 5.55. The van der Waals surface area contributed by atoms with Crippen LogP contribution in [0.2, 0.25) is 0 Å². The number of hydrogen-bond acceptors (Lipinski definition) is 4. The van der Waals surface area contributed by atoms with E-state index in [9.17, 15) is 4.79 Å². The molecule has 1 aromatic rings. The van der Waals surface area contributed by atoms with Gasteiger partial charge in [-0.2, -0.15) is 0 Å². The number of carbonyl (C=O) groups is 1. The minimum Gasteiger partial charge on any atom is -0.382 e. The first-order valence-electron chi connectivity index (χ1n) is 4.53. The molecule has 0 saturated heterocycles. The highest BCUT2D eigenvalue weighted by Gasteiger charge is 2.21. The quantitative estimate of drug-likeness (QED) is 0.798. The molecule has 0 aliphatic heterocycles. The monoisotopic (exact) mass is 245 g/mol. The smallest absolute Gasteiger partial charge is 0.261 e. The van der Waals surface area contributed by atoms with Crippen LogP contribution in [0.25, 0.3) is 0 Å². The van der Waals surface area contributed by atoms with Crippen molar-refractivity contribution >= 4 is 29.9 Å². The summed E-state index contributed by atoms with van der Waals surface area (Å²) in [5.41, 5.74) is -0.355. The lowest BCUT2D eigenvalue weighted by molar-refractivity contribution is 0.0824. The molecule has 15 heavy (non-hydrogen) atoms. The predicted octanol–water partition coefficient (Wildman–Crippen LogP) is 2.19. The topological polar surface area (TPSA) is 38.3 Å². The number of carbonyl (C=O) groups excluding carboxylic acids is 1. The lowest BCUT2D eigenvalue weighted by atomic mass is 10.1. The summed E-state index contributed by atoms with van der Waals surface area (Å²) in [5, 5.41) is 4.73. The molecule has 0 fully saturated rings. The van der Waals surface area contributed by atoms with Gasteiger partial charge in [0.2, 0.25) is 0 Å². The van der Waals surface area contributed by atoms with Crippen molar-refractivity contribution in [1.29, 1.82) is 0 Å². The van der Waals surface area contributed by atoms with Crippen molar-refractivity contribution in [1.82, 2.24) is 5.32 Å². The molecule has 0 aromatic carbocycles. The van der Waals surface area contributed by atoms with Crippen LogP contribution in [-0.4, -0.2) is 25.2 Å². The molecule has 0 spiro atoms. The summed E-state index contributed by atoms with van der Waals surface area (Å²) in [6.45, 7) is 4.32. The Morgan fingerprint density at radius 1 is 1.67 bits per heavy atom. The fourth-order valence-corrected chi connectivity index (χ4v) is 2.25. The van der Waals surface area contributed by atoms with Gasteiger partial charge in [0.1, 0.15) is 0 Å². The number of hydrogen-bond donors (Lipinski definition) is 2. The lowest BCUT2D eigenvalue weighted by Crippen LogP contribution is -2.46. The van der Waals surface area contributed by atoms with E-state index in [0.717, 1.165) is 4.90 Å². The van der Waals surface area contributed by atoms with Crippen molar-refractivity contribution in [3.8, 4) is 0 Å². The molecule has 0 bridgehead atoms. The first-order chi connectivity index (χ1) is 6.94. The van der Waals surface area contributed by atoms with Crippen LogP contribution in [0.5, 0.6) is 0 Å². The number of thiophene rings is 1. The minimum absolute atomic E-state index is 0.0812. The largest absolute Gasteiger partial charge is 0.382 e. The summed E-state index contributed by atoms with van der Waals surface area (Å²) in [7, 11) is 1.62. The summed E-state index contributed by atoms with van der Waals surface area (Å²) in [6, 6.07) is 1.76. The van der Waals surface area contributed by atoms with E-state index < -0.39 is 0 Å². The van der Waals surface area contributed by atoms with Gasteiger partial charge in [-0.25, -0.2) is 0 Å². The zero-order chi connectivity index (χ0) is 11.5. The van der Waals surface area contributed by atoms with Gasteiger partial charge in [-0.1, -0.05) is 0 Å². The van der Waals surface area contributed by atoms with Crippen LogP contribution in [-0.2, 0) is 4.74 Å².